The summed E-state index contributed by atoms with van der Waals surface area (Å²) in [5.74, 6) is 0. The molecule has 0 aromatic heterocycles. The summed E-state index contributed by atoms with van der Waals surface area (Å²) in [5.41, 5.74) is 6.39. The second-order valence-corrected chi connectivity index (χ2v) is 9.72. The summed E-state index contributed by atoms with van der Waals surface area (Å²) in [6, 6.07) is 21.7. The maximum atomic E-state index is 6.39. The zero-order chi connectivity index (χ0) is 17.3. The predicted molar refractivity (Wildman–Crippen MR) is 106 cm³/mol. The second-order valence-electron chi connectivity index (χ2n) is 4.47. The van der Waals surface area contributed by atoms with Gasteiger partial charge in [-0.3, -0.25) is 0 Å². The molecule has 2 aromatic rings. The van der Waals surface area contributed by atoms with Crippen molar-refractivity contribution in [3.8, 4) is 0 Å². The third-order valence-electron chi connectivity index (χ3n) is 2.85. The molecular formula is C18H24Cl2NPRu-2. The molecule has 0 aliphatic rings. The molecule has 1 N–H and O–H groups in total. The molecule has 0 amide bonds. The number of halogens is 2. The molecule has 5 heteroatoms. The van der Waals surface area contributed by atoms with Gasteiger partial charge in [-0.25, -0.2) is 6.42 Å². The van der Waals surface area contributed by atoms with E-state index in [9.17, 15) is 0 Å². The zero-order valence-electron chi connectivity index (χ0n) is 13.1. The molecule has 23 heavy (non-hydrogen) atoms. The molecule has 0 unspecified atom stereocenters. The van der Waals surface area contributed by atoms with E-state index in [0.717, 1.165) is 12.8 Å². The summed E-state index contributed by atoms with van der Waals surface area (Å²) in [5, 5.41) is 2.98. The molecule has 0 aliphatic heterocycles. The summed E-state index contributed by atoms with van der Waals surface area (Å²) < 4.78 is 0. The fourth-order valence-corrected chi connectivity index (χ4v) is 4.36. The van der Waals surface area contributed by atoms with Gasteiger partial charge in [-0.15, -0.1) is 6.42 Å². The maximum absolute atomic E-state index is 6.39. The standard InChI is InChI=1S/C15H16P.C3H7N.2ClH.Ru/c1-2-13-16(14-9-5-3-6-10-14)15-11-7-4-8-12-15;1-2-3-4;;;/h3-12H,1-2,13H2;4H,1-3H2;2*1H;/q-1;-2;;;+2/p-1. The van der Waals surface area contributed by atoms with Crippen molar-refractivity contribution in [1.82, 2.24) is 0 Å². The molecular weight excluding hydrogens is 433 g/mol. The number of hydrogen-bond donors (Lipinski definition) is 0. The van der Waals surface area contributed by atoms with E-state index >= 15 is 0 Å². The normalized spacial score (nSPS) is 9.65. The van der Waals surface area contributed by atoms with Crippen molar-refractivity contribution in [1.29, 1.82) is 0 Å². The molecule has 0 atom stereocenters. The average Bonchev–Trinajstić information content (AvgIpc) is 2.62. The van der Waals surface area contributed by atoms with Gasteiger partial charge in [0.15, 0.2) is 0 Å². The zero-order valence-corrected chi connectivity index (χ0v) is 17.4. The average molecular weight is 457 g/mol. The first-order chi connectivity index (χ1) is 11.2. The molecule has 130 valence electrons. The third kappa shape index (κ3) is 11.3. The Bertz CT molecular complexity index is 429. The van der Waals surface area contributed by atoms with Gasteiger partial charge in [0, 0.05) is 6.16 Å². The summed E-state index contributed by atoms with van der Waals surface area (Å²) >= 11 is -0.346. The van der Waals surface area contributed by atoms with Gasteiger partial charge < -0.3 is 19.6 Å². The van der Waals surface area contributed by atoms with E-state index in [1.165, 1.54) is 16.8 Å². The van der Waals surface area contributed by atoms with Crippen LogP contribution in [-0.4, -0.2) is 12.7 Å². The molecule has 0 spiro atoms. The second kappa shape index (κ2) is 16.9. The molecule has 2 rings (SSSR count). The van der Waals surface area contributed by atoms with Crippen LogP contribution >= 0.6 is 27.3 Å². The third-order valence-corrected chi connectivity index (χ3v) is 5.76. The van der Waals surface area contributed by atoms with Crippen molar-refractivity contribution in [2.24, 2.45) is 0 Å². The Labute approximate surface area is 158 Å². The SMILES string of the molecule is [CH2-]CC[NH-].[CH2-]CC[PH+](c1ccccc1)c1ccccc1.[Cl][Ru][Cl]. The first kappa shape index (κ1) is 23.0. The Morgan fingerprint density at radius 3 is 1.43 bits per heavy atom. The van der Waals surface area contributed by atoms with Crippen LogP contribution in [-0.2, 0) is 15.1 Å². The van der Waals surface area contributed by atoms with Crippen molar-refractivity contribution < 1.29 is 15.1 Å². The number of hydrogen-bond acceptors (Lipinski definition) is 0. The minimum absolute atomic E-state index is 0.346. The van der Waals surface area contributed by atoms with Crippen molar-refractivity contribution in [3.05, 3.63) is 80.2 Å². The summed E-state index contributed by atoms with van der Waals surface area (Å²) in [6.07, 6.45) is 2.96. The van der Waals surface area contributed by atoms with E-state index in [1.54, 1.807) is 0 Å². The molecule has 0 heterocycles. The van der Waals surface area contributed by atoms with Crippen LogP contribution < -0.4 is 10.6 Å². The predicted octanol–water partition coefficient (Wildman–Crippen LogP) is 5.72. The van der Waals surface area contributed by atoms with Crippen LogP contribution in [0.5, 0.6) is 0 Å². The van der Waals surface area contributed by atoms with E-state index in [1.807, 2.05) is 0 Å². The molecule has 0 aliphatic carbocycles. The minimum atomic E-state index is -0.613. The fraction of sp³-hybridized carbons (Fsp3) is 0.222. The van der Waals surface area contributed by atoms with E-state index < -0.39 is 7.92 Å². The van der Waals surface area contributed by atoms with Crippen molar-refractivity contribution in [2.45, 2.75) is 12.8 Å². The van der Waals surface area contributed by atoms with Gasteiger partial charge in [-0.2, -0.15) is 6.54 Å². The fourth-order valence-electron chi connectivity index (χ4n) is 1.91. The number of rotatable bonds is 5. The Hall–Kier alpha value is 0.0334. The van der Waals surface area contributed by atoms with Crippen LogP contribution in [0.25, 0.3) is 5.73 Å². The van der Waals surface area contributed by atoms with Crippen molar-refractivity contribution in [3.63, 3.8) is 0 Å². The summed E-state index contributed by atoms with van der Waals surface area (Å²) in [7, 11) is 9.09. The van der Waals surface area contributed by atoms with Gasteiger partial charge in [0.1, 0.15) is 0 Å². The Morgan fingerprint density at radius 1 is 0.826 bits per heavy atom. The van der Waals surface area contributed by atoms with Gasteiger partial charge >= 0.3 is 34.5 Å². The van der Waals surface area contributed by atoms with Crippen LogP contribution in [0.15, 0.2) is 60.7 Å². The molecule has 1 nitrogen and oxygen atoms in total. The monoisotopic (exact) mass is 457 g/mol. The Morgan fingerprint density at radius 2 is 1.17 bits per heavy atom. The van der Waals surface area contributed by atoms with Gasteiger partial charge in [0.25, 0.3) is 0 Å². The molecule has 0 bridgehead atoms. The van der Waals surface area contributed by atoms with Gasteiger partial charge in [-0.05, 0) is 24.3 Å². The first-order valence-corrected chi connectivity index (χ1v) is 13.5. The van der Waals surface area contributed by atoms with Crippen LogP contribution in [0.1, 0.15) is 12.8 Å². The van der Waals surface area contributed by atoms with E-state index in [2.05, 4.69) is 74.5 Å². The molecule has 2 aromatic carbocycles. The van der Waals surface area contributed by atoms with Crippen LogP contribution in [0, 0.1) is 13.8 Å². The van der Waals surface area contributed by atoms with Gasteiger partial charge in [-0.1, -0.05) is 36.4 Å². The van der Waals surface area contributed by atoms with Crippen LogP contribution in [0.3, 0.4) is 0 Å². The molecule has 0 saturated heterocycles. The number of nitrogens with one attached hydrogen (secondary N) is 1. The van der Waals surface area contributed by atoms with Crippen molar-refractivity contribution >= 4 is 37.9 Å². The van der Waals surface area contributed by atoms with Gasteiger partial charge in [0.05, 0.1) is 18.5 Å². The van der Waals surface area contributed by atoms with Crippen LogP contribution in [0.2, 0.25) is 0 Å². The Balaban J connectivity index is 0.000000591. The Kier molecular flexibility index (Phi) is 16.9. The first-order valence-electron chi connectivity index (χ1n) is 7.30. The van der Waals surface area contributed by atoms with Crippen LogP contribution in [0.4, 0.5) is 0 Å². The van der Waals surface area contributed by atoms with E-state index in [0.29, 0.717) is 6.54 Å². The molecule has 0 fully saturated rings. The van der Waals surface area contributed by atoms with E-state index in [4.69, 9.17) is 25.1 Å². The van der Waals surface area contributed by atoms with Gasteiger partial charge in [0.2, 0.25) is 0 Å². The van der Waals surface area contributed by atoms with Crippen molar-refractivity contribution in [2.75, 3.05) is 12.7 Å². The molecule has 0 saturated carbocycles. The summed E-state index contributed by atoms with van der Waals surface area (Å²) in [4.78, 5) is 0. The number of benzene rings is 2. The van der Waals surface area contributed by atoms with E-state index in [-0.39, 0.29) is 15.1 Å². The quantitative estimate of drug-likeness (QED) is 0.312. The summed E-state index contributed by atoms with van der Waals surface area (Å²) in [6.45, 7) is 7.88. The molecule has 0 radical (unpaired) electrons. The topological polar surface area (TPSA) is 23.8 Å².